The fourth-order valence-electron chi connectivity index (χ4n) is 1.51. The van der Waals surface area contributed by atoms with Crippen molar-refractivity contribution in [1.82, 2.24) is 10.2 Å². The average Bonchev–Trinajstić information content (AvgIpc) is 2.85. The number of sulfonamides is 1. The Balaban J connectivity index is 2.33. The number of hydrogen-bond donors (Lipinski definition) is 2. The molecule has 0 radical (unpaired) electrons. The van der Waals surface area contributed by atoms with E-state index < -0.39 is 15.8 Å². The first-order chi connectivity index (χ1) is 9.47. The molecular formula is C11H12FN3O3S2. The number of halogens is 1. The molecule has 0 saturated carbocycles. The molecule has 0 spiro atoms. The lowest BCUT2D eigenvalue weighted by Crippen LogP contribution is -2.14. The molecule has 1 aromatic carbocycles. The van der Waals surface area contributed by atoms with Crippen LogP contribution >= 0.6 is 11.8 Å². The first-order valence-electron chi connectivity index (χ1n) is 5.41. The fraction of sp³-hybridized carbons (Fsp3) is 0.182. The van der Waals surface area contributed by atoms with E-state index in [1.165, 1.54) is 37.2 Å². The predicted octanol–water partition coefficient (Wildman–Crippen LogP) is 2.08. The van der Waals surface area contributed by atoms with E-state index in [4.69, 9.17) is 4.74 Å². The first-order valence-corrected chi connectivity index (χ1v) is 8.12. The van der Waals surface area contributed by atoms with Crippen molar-refractivity contribution in [1.29, 1.82) is 0 Å². The van der Waals surface area contributed by atoms with Crippen LogP contribution in [0.15, 0.2) is 34.2 Å². The Morgan fingerprint density at radius 1 is 1.45 bits per heavy atom. The lowest BCUT2D eigenvalue weighted by Gasteiger charge is -2.08. The van der Waals surface area contributed by atoms with Gasteiger partial charge in [-0.3, -0.25) is 9.82 Å². The summed E-state index contributed by atoms with van der Waals surface area (Å²) < 4.78 is 44.9. The number of anilines is 1. The van der Waals surface area contributed by atoms with Crippen molar-refractivity contribution < 1.29 is 17.5 Å². The van der Waals surface area contributed by atoms with Gasteiger partial charge in [-0.25, -0.2) is 12.8 Å². The summed E-state index contributed by atoms with van der Waals surface area (Å²) in [7, 11) is -2.59. The van der Waals surface area contributed by atoms with Gasteiger partial charge >= 0.3 is 0 Å². The normalized spacial score (nSPS) is 11.3. The maximum absolute atomic E-state index is 13.6. The molecular weight excluding hydrogens is 305 g/mol. The van der Waals surface area contributed by atoms with Crippen molar-refractivity contribution >= 4 is 27.6 Å². The second-order valence-corrected chi connectivity index (χ2v) is 6.25. The monoisotopic (exact) mass is 317 g/mol. The summed E-state index contributed by atoms with van der Waals surface area (Å²) in [5.41, 5.74) is 0. The number of aromatic amines is 1. The van der Waals surface area contributed by atoms with Crippen molar-refractivity contribution in [2.75, 3.05) is 18.1 Å². The van der Waals surface area contributed by atoms with Gasteiger partial charge in [0.15, 0.2) is 11.6 Å². The van der Waals surface area contributed by atoms with E-state index in [-0.39, 0.29) is 16.5 Å². The van der Waals surface area contributed by atoms with Crippen LogP contribution in [0.5, 0.6) is 5.75 Å². The van der Waals surface area contributed by atoms with Crippen LogP contribution in [0.4, 0.5) is 10.2 Å². The number of H-pyrrole nitrogens is 1. The molecule has 0 amide bonds. The molecule has 108 valence electrons. The van der Waals surface area contributed by atoms with E-state index in [1.807, 2.05) is 0 Å². The van der Waals surface area contributed by atoms with Gasteiger partial charge in [0.05, 0.1) is 23.1 Å². The average molecular weight is 317 g/mol. The Hall–Kier alpha value is -1.74. The zero-order chi connectivity index (χ0) is 14.8. The highest BCUT2D eigenvalue weighted by atomic mass is 32.2. The third-order valence-corrected chi connectivity index (χ3v) is 4.59. The molecule has 2 N–H and O–H groups in total. The number of benzene rings is 1. The Morgan fingerprint density at radius 3 is 2.80 bits per heavy atom. The van der Waals surface area contributed by atoms with E-state index in [2.05, 4.69) is 14.9 Å². The van der Waals surface area contributed by atoms with Crippen molar-refractivity contribution in [3.8, 4) is 5.75 Å². The molecule has 0 saturated heterocycles. The zero-order valence-corrected chi connectivity index (χ0v) is 12.3. The topological polar surface area (TPSA) is 84.1 Å². The van der Waals surface area contributed by atoms with Crippen LogP contribution in [0.2, 0.25) is 0 Å². The lowest BCUT2D eigenvalue weighted by molar-refractivity contribution is 0.385. The minimum Gasteiger partial charge on any atom is -0.494 e. The maximum Gasteiger partial charge on any atom is 0.263 e. The number of methoxy groups -OCH3 is 1. The van der Waals surface area contributed by atoms with Gasteiger partial charge in [-0.05, 0) is 24.5 Å². The number of aromatic nitrogens is 2. The molecule has 0 aliphatic carbocycles. The van der Waals surface area contributed by atoms with Gasteiger partial charge in [0.2, 0.25) is 0 Å². The summed E-state index contributed by atoms with van der Waals surface area (Å²) >= 11 is 1.33. The molecule has 2 rings (SSSR count). The Labute approximate surface area is 119 Å². The van der Waals surface area contributed by atoms with Gasteiger partial charge in [0.25, 0.3) is 10.0 Å². The Morgan fingerprint density at radius 2 is 2.20 bits per heavy atom. The van der Waals surface area contributed by atoms with Gasteiger partial charge in [-0.15, -0.1) is 11.8 Å². The number of nitrogens with one attached hydrogen (secondary N) is 2. The van der Waals surface area contributed by atoms with Crippen LogP contribution < -0.4 is 9.46 Å². The van der Waals surface area contributed by atoms with Gasteiger partial charge in [0.1, 0.15) is 5.82 Å². The van der Waals surface area contributed by atoms with Crippen LogP contribution in [0.25, 0.3) is 0 Å². The Kier molecular flexibility index (Phi) is 4.19. The molecule has 0 fully saturated rings. The molecule has 0 unspecified atom stereocenters. The van der Waals surface area contributed by atoms with Crippen molar-refractivity contribution in [2.24, 2.45) is 0 Å². The SMILES string of the molecule is COc1ccc(S(=O)(=O)Nc2[nH]ncc2SC)cc1F. The molecule has 2 aromatic rings. The van der Waals surface area contributed by atoms with E-state index in [0.29, 0.717) is 4.90 Å². The van der Waals surface area contributed by atoms with E-state index >= 15 is 0 Å². The molecule has 1 aromatic heterocycles. The summed E-state index contributed by atoms with van der Waals surface area (Å²) in [6.45, 7) is 0. The second kappa shape index (κ2) is 5.71. The molecule has 9 heteroatoms. The molecule has 0 aliphatic heterocycles. The van der Waals surface area contributed by atoms with Gasteiger partial charge in [-0.2, -0.15) is 5.10 Å². The summed E-state index contributed by atoms with van der Waals surface area (Å²) in [5, 5.41) is 6.29. The minimum atomic E-state index is -3.89. The molecule has 0 bridgehead atoms. The lowest BCUT2D eigenvalue weighted by atomic mass is 10.3. The fourth-order valence-corrected chi connectivity index (χ4v) is 3.08. The third-order valence-electron chi connectivity index (χ3n) is 2.49. The van der Waals surface area contributed by atoms with E-state index in [1.54, 1.807) is 6.26 Å². The number of rotatable bonds is 5. The summed E-state index contributed by atoms with van der Waals surface area (Å²) in [4.78, 5) is 0.444. The highest BCUT2D eigenvalue weighted by molar-refractivity contribution is 7.99. The van der Waals surface area contributed by atoms with E-state index in [9.17, 15) is 12.8 Å². The van der Waals surface area contributed by atoms with Crippen LogP contribution in [0.3, 0.4) is 0 Å². The number of thioether (sulfide) groups is 1. The predicted molar refractivity (Wildman–Crippen MR) is 74.1 cm³/mol. The number of ether oxygens (including phenoxy) is 1. The highest BCUT2D eigenvalue weighted by Gasteiger charge is 2.19. The van der Waals surface area contributed by atoms with Gasteiger partial charge in [-0.1, -0.05) is 0 Å². The number of nitrogens with zero attached hydrogens (tertiary/aromatic N) is 1. The maximum atomic E-state index is 13.6. The molecule has 6 nitrogen and oxygen atoms in total. The molecule has 1 heterocycles. The largest absolute Gasteiger partial charge is 0.494 e. The molecule has 0 aliphatic rings. The van der Waals surface area contributed by atoms with Gasteiger partial charge < -0.3 is 4.74 Å². The standard InChI is InChI=1S/C11H12FN3O3S2/c1-18-9-4-3-7(5-8(9)12)20(16,17)15-11-10(19-2)6-13-14-11/h3-6H,1-2H3,(H2,13,14,15). The smallest absolute Gasteiger partial charge is 0.263 e. The van der Waals surface area contributed by atoms with Crippen LogP contribution in [0, 0.1) is 5.82 Å². The number of hydrogen-bond acceptors (Lipinski definition) is 5. The molecule has 20 heavy (non-hydrogen) atoms. The minimum absolute atomic E-state index is 0.0182. The highest BCUT2D eigenvalue weighted by Crippen LogP contribution is 2.26. The molecule has 0 atom stereocenters. The van der Waals surface area contributed by atoms with Gasteiger partial charge in [0, 0.05) is 0 Å². The van der Waals surface area contributed by atoms with E-state index in [0.717, 1.165) is 6.07 Å². The summed E-state index contributed by atoms with van der Waals surface area (Å²) in [6.07, 6.45) is 3.28. The quantitative estimate of drug-likeness (QED) is 0.825. The van der Waals surface area contributed by atoms with Crippen LogP contribution in [-0.4, -0.2) is 32.0 Å². The second-order valence-electron chi connectivity index (χ2n) is 3.72. The zero-order valence-electron chi connectivity index (χ0n) is 10.7. The first kappa shape index (κ1) is 14.7. The van der Waals surface area contributed by atoms with Crippen molar-refractivity contribution in [3.63, 3.8) is 0 Å². The van der Waals surface area contributed by atoms with Crippen LogP contribution in [-0.2, 0) is 10.0 Å². The summed E-state index contributed by atoms with van der Waals surface area (Å²) in [6, 6.07) is 3.42. The van der Waals surface area contributed by atoms with Crippen molar-refractivity contribution in [2.45, 2.75) is 9.79 Å². The van der Waals surface area contributed by atoms with Crippen molar-refractivity contribution in [3.05, 3.63) is 30.2 Å². The third kappa shape index (κ3) is 2.88. The Bertz CT molecular complexity index is 715. The summed E-state index contributed by atoms with van der Waals surface area (Å²) in [5.74, 6) is -0.519. The van der Waals surface area contributed by atoms with Crippen LogP contribution in [0.1, 0.15) is 0 Å².